The van der Waals surface area contributed by atoms with Gasteiger partial charge in [0.1, 0.15) is 6.61 Å². The van der Waals surface area contributed by atoms with Gasteiger partial charge in [-0.05, 0) is 0 Å². The van der Waals surface area contributed by atoms with Crippen molar-refractivity contribution in [2.45, 2.75) is 11.8 Å². The molecule has 0 radical (unpaired) electrons. The van der Waals surface area contributed by atoms with Crippen LogP contribution >= 0.6 is 0 Å². The van der Waals surface area contributed by atoms with E-state index in [4.69, 9.17) is 28.4 Å². The molecule has 6 heteroatoms. The van der Waals surface area contributed by atoms with Gasteiger partial charge in [0.05, 0.1) is 0 Å². The first-order chi connectivity index (χ1) is 7.11. The lowest BCUT2D eigenvalue weighted by molar-refractivity contribution is -0.480. The molecule has 0 rings (SSSR count). The van der Waals surface area contributed by atoms with Crippen molar-refractivity contribution in [3.8, 4) is 0 Å². The molecule has 0 atom stereocenters. The maximum atomic E-state index is 5.24. The number of ether oxygens (including phenoxy) is 6. The first kappa shape index (κ1) is 14.8. The minimum atomic E-state index is -1.48. The van der Waals surface area contributed by atoms with E-state index >= 15 is 0 Å². The van der Waals surface area contributed by atoms with Crippen molar-refractivity contribution < 1.29 is 28.4 Å². The third-order valence-corrected chi connectivity index (χ3v) is 2.27. The monoisotopic (exact) mass is 224 g/mol. The fourth-order valence-electron chi connectivity index (χ4n) is 1.45. The molecule has 0 fully saturated rings. The van der Waals surface area contributed by atoms with Gasteiger partial charge in [0.25, 0.3) is 5.79 Å². The van der Waals surface area contributed by atoms with Crippen LogP contribution in [-0.4, -0.2) is 61.0 Å². The van der Waals surface area contributed by atoms with E-state index in [0.717, 1.165) is 0 Å². The molecule has 6 nitrogen and oxygen atoms in total. The Morgan fingerprint density at radius 2 is 1.07 bits per heavy atom. The molecule has 0 aliphatic rings. The molecule has 0 bridgehead atoms. The van der Waals surface area contributed by atoms with E-state index in [0.29, 0.717) is 0 Å². The van der Waals surface area contributed by atoms with Gasteiger partial charge >= 0.3 is 5.97 Å². The molecule has 0 spiro atoms. The summed E-state index contributed by atoms with van der Waals surface area (Å²) in [5.41, 5.74) is 0. The average molecular weight is 224 g/mol. The second kappa shape index (κ2) is 6.37. The number of hydrogen-bond donors (Lipinski definition) is 0. The Balaban J connectivity index is 5.13. The molecule has 0 amide bonds. The van der Waals surface area contributed by atoms with Crippen molar-refractivity contribution in [1.82, 2.24) is 0 Å². The number of methoxy groups -OCH3 is 6. The summed E-state index contributed by atoms with van der Waals surface area (Å²) in [6, 6.07) is 0. The Bertz CT molecular complexity index is 156. The zero-order chi connectivity index (χ0) is 11.9. The second-order valence-electron chi connectivity index (χ2n) is 2.76. The summed E-state index contributed by atoms with van der Waals surface area (Å²) in [6.45, 7) is 0.0928. The Kier molecular flexibility index (Phi) is 6.26. The fourth-order valence-corrected chi connectivity index (χ4v) is 1.45. The molecular formula is C9H20O6. The largest absolute Gasteiger partial charge is 0.379 e. The molecular weight excluding hydrogens is 204 g/mol. The SMILES string of the molecule is COCC(OC)(OC)C(OC)(OC)OC. The van der Waals surface area contributed by atoms with Crippen LogP contribution in [0, 0.1) is 0 Å². The summed E-state index contributed by atoms with van der Waals surface area (Å²) in [5.74, 6) is -2.77. The number of rotatable bonds is 8. The summed E-state index contributed by atoms with van der Waals surface area (Å²) < 4.78 is 31.0. The minimum Gasteiger partial charge on any atom is -0.379 e. The van der Waals surface area contributed by atoms with Gasteiger partial charge in [-0.3, -0.25) is 0 Å². The van der Waals surface area contributed by atoms with Gasteiger partial charge in [-0.15, -0.1) is 0 Å². The molecule has 0 saturated carbocycles. The zero-order valence-corrected chi connectivity index (χ0v) is 10.2. The van der Waals surface area contributed by atoms with Crippen molar-refractivity contribution in [3.63, 3.8) is 0 Å². The van der Waals surface area contributed by atoms with Gasteiger partial charge in [-0.2, -0.15) is 0 Å². The highest BCUT2D eigenvalue weighted by Gasteiger charge is 2.56. The second-order valence-corrected chi connectivity index (χ2v) is 2.76. The summed E-state index contributed by atoms with van der Waals surface area (Å²) in [5, 5.41) is 0. The fraction of sp³-hybridized carbons (Fsp3) is 1.00. The Labute approximate surface area is 90.3 Å². The average Bonchev–Trinajstić information content (AvgIpc) is 2.30. The van der Waals surface area contributed by atoms with Crippen LogP contribution < -0.4 is 0 Å². The maximum Gasteiger partial charge on any atom is 0.342 e. The molecule has 92 valence electrons. The lowest BCUT2D eigenvalue weighted by atomic mass is 10.2. The summed E-state index contributed by atoms with van der Waals surface area (Å²) in [6.07, 6.45) is 0. The molecule has 0 heterocycles. The topological polar surface area (TPSA) is 55.4 Å². The van der Waals surface area contributed by atoms with E-state index in [1.807, 2.05) is 0 Å². The van der Waals surface area contributed by atoms with E-state index in [1.165, 1.54) is 42.7 Å². The van der Waals surface area contributed by atoms with Gasteiger partial charge in [0, 0.05) is 42.7 Å². The van der Waals surface area contributed by atoms with Gasteiger partial charge in [0.2, 0.25) is 0 Å². The summed E-state index contributed by atoms with van der Waals surface area (Å²) >= 11 is 0. The standard InChI is InChI=1S/C9H20O6/c1-10-7-8(11-2,12-3)9(13-4,14-5)15-6/h7H2,1-6H3. The maximum absolute atomic E-state index is 5.24. The van der Waals surface area contributed by atoms with Crippen LogP contribution in [0.5, 0.6) is 0 Å². The predicted molar refractivity (Wildman–Crippen MR) is 52.4 cm³/mol. The molecule has 15 heavy (non-hydrogen) atoms. The summed E-state index contributed by atoms with van der Waals surface area (Å²) in [7, 11) is 8.70. The lowest BCUT2D eigenvalue weighted by Crippen LogP contribution is -2.62. The molecule has 0 saturated heterocycles. The van der Waals surface area contributed by atoms with Crippen molar-refractivity contribution in [1.29, 1.82) is 0 Å². The Morgan fingerprint density at radius 1 is 0.667 bits per heavy atom. The van der Waals surface area contributed by atoms with E-state index in [9.17, 15) is 0 Å². The van der Waals surface area contributed by atoms with E-state index in [1.54, 1.807) is 0 Å². The van der Waals surface area contributed by atoms with Crippen LogP contribution in [0.15, 0.2) is 0 Å². The number of hydrogen-bond acceptors (Lipinski definition) is 6. The van der Waals surface area contributed by atoms with Crippen LogP contribution in [0.1, 0.15) is 0 Å². The van der Waals surface area contributed by atoms with Crippen LogP contribution in [0.25, 0.3) is 0 Å². The molecule has 0 aliphatic heterocycles. The molecule has 0 unspecified atom stereocenters. The highest BCUT2D eigenvalue weighted by atomic mass is 16.9. The summed E-state index contributed by atoms with van der Waals surface area (Å²) in [4.78, 5) is 0. The first-order valence-electron chi connectivity index (χ1n) is 4.36. The zero-order valence-electron chi connectivity index (χ0n) is 10.2. The van der Waals surface area contributed by atoms with Crippen LogP contribution in [0.2, 0.25) is 0 Å². The quantitative estimate of drug-likeness (QED) is 0.549. The third-order valence-electron chi connectivity index (χ3n) is 2.27. The molecule has 0 aliphatic carbocycles. The van der Waals surface area contributed by atoms with Gasteiger partial charge < -0.3 is 28.4 Å². The van der Waals surface area contributed by atoms with Gasteiger partial charge in [0.15, 0.2) is 0 Å². The van der Waals surface area contributed by atoms with Crippen LogP contribution in [0.3, 0.4) is 0 Å². The highest BCUT2D eigenvalue weighted by Crippen LogP contribution is 2.32. The Hall–Kier alpha value is -0.240. The molecule has 0 aromatic heterocycles. The van der Waals surface area contributed by atoms with Crippen LogP contribution in [-0.2, 0) is 28.4 Å². The molecule has 0 aromatic carbocycles. The van der Waals surface area contributed by atoms with E-state index < -0.39 is 11.8 Å². The van der Waals surface area contributed by atoms with Crippen molar-refractivity contribution >= 4 is 0 Å². The molecule has 0 N–H and O–H groups in total. The van der Waals surface area contributed by atoms with E-state index in [-0.39, 0.29) is 6.61 Å². The van der Waals surface area contributed by atoms with Crippen molar-refractivity contribution in [2.75, 3.05) is 49.3 Å². The smallest absolute Gasteiger partial charge is 0.342 e. The van der Waals surface area contributed by atoms with Crippen molar-refractivity contribution in [2.24, 2.45) is 0 Å². The predicted octanol–water partition coefficient (Wildman–Crippen LogP) is 0.215. The lowest BCUT2D eigenvalue weighted by Gasteiger charge is -2.43. The molecule has 0 aromatic rings. The third kappa shape index (κ3) is 2.47. The van der Waals surface area contributed by atoms with Crippen LogP contribution in [0.4, 0.5) is 0 Å². The van der Waals surface area contributed by atoms with Gasteiger partial charge in [-0.1, -0.05) is 0 Å². The van der Waals surface area contributed by atoms with Crippen molar-refractivity contribution in [3.05, 3.63) is 0 Å². The Morgan fingerprint density at radius 3 is 1.27 bits per heavy atom. The first-order valence-corrected chi connectivity index (χ1v) is 4.36. The minimum absolute atomic E-state index is 0.0928. The normalized spacial score (nSPS) is 13.2. The highest BCUT2D eigenvalue weighted by molar-refractivity contribution is 4.81. The van der Waals surface area contributed by atoms with Gasteiger partial charge in [-0.25, -0.2) is 0 Å². The van der Waals surface area contributed by atoms with E-state index in [2.05, 4.69) is 0 Å².